The van der Waals surface area contributed by atoms with Gasteiger partial charge < -0.3 is 20.0 Å². The van der Waals surface area contributed by atoms with E-state index < -0.39 is 11.8 Å². The van der Waals surface area contributed by atoms with Crippen molar-refractivity contribution >= 4 is 33.7 Å². The highest BCUT2D eigenvalue weighted by molar-refractivity contribution is 5.95. The van der Waals surface area contributed by atoms with Crippen molar-refractivity contribution in [3.05, 3.63) is 36.7 Å². The minimum atomic E-state index is -0.712. The molecule has 2 bridgehead atoms. The van der Waals surface area contributed by atoms with Gasteiger partial charge in [-0.2, -0.15) is 0 Å². The Balaban J connectivity index is 1.38. The van der Waals surface area contributed by atoms with Gasteiger partial charge in [0.25, 0.3) is 0 Å². The van der Waals surface area contributed by atoms with Gasteiger partial charge in [-0.25, -0.2) is 19.3 Å². The first-order valence-corrected chi connectivity index (χ1v) is 10.9. The average Bonchev–Trinajstić information content (AvgIpc) is 3.34. The summed E-state index contributed by atoms with van der Waals surface area (Å²) in [5.74, 6) is -0.417. The number of hydrogen-bond donors (Lipinski definition) is 3. The first-order chi connectivity index (χ1) is 15.5. The number of carboxylic acids is 1. The quantitative estimate of drug-likeness (QED) is 0.449. The number of aromatic nitrogens is 5. The van der Waals surface area contributed by atoms with Crippen molar-refractivity contribution in [1.29, 1.82) is 0 Å². The van der Waals surface area contributed by atoms with E-state index in [0.29, 0.717) is 28.3 Å². The van der Waals surface area contributed by atoms with Gasteiger partial charge in [-0.15, -0.1) is 0 Å². The van der Waals surface area contributed by atoms with Crippen LogP contribution in [0.5, 0.6) is 0 Å². The number of H-pyrrole nitrogens is 1. The van der Waals surface area contributed by atoms with E-state index >= 15 is 0 Å². The molecule has 8 nitrogen and oxygen atoms in total. The van der Waals surface area contributed by atoms with Crippen LogP contribution in [0.2, 0.25) is 0 Å². The highest BCUT2D eigenvalue weighted by Gasteiger charge is 2.47. The molecule has 0 radical (unpaired) electrons. The molecule has 2 atom stereocenters. The maximum absolute atomic E-state index is 13.7. The number of fused-ring (bicyclic) bond motifs is 5. The number of pyridine rings is 1. The third-order valence-corrected chi connectivity index (χ3v) is 7.28. The summed E-state index contributed by atoms with van der Waals surface area (Å²) < 4.78 is 15.6. The number of carbonyl (C=O) groups is 1. The Hall–Kier alpha value is -3.49. The summed E-state index contributed by atoms with van der Waals surface area (Å²) >= 11 is 0. The van der Waals surface area contributed by atoms with E-state index in [0.717, 1.165) is 42.4 Å². The Morgan fingerprint density at radius 2 is 1.97 bits per heavy atom. The van der Waals surface area contributed by atoms with Crippen LogP contribution in [0, 0.1) is 23.6 Å². The van der Waals surface area contributed by atoms with Gasteiger partial charge in [-0.3, -0.25) is 4.79 Å². The molecule has 0 aliphatic heterocycles. The summed E-state index contributed by atoms with van der Waals surface area (Å²) in [6.45, 7) is 0. The van der Waals surface area contributed by atoms with Crippen LogP contribution in [-0.2, 0) is 11.8 Å². The van der Waals surface area contributed by atoms with Crippen LogP contribution in [-0.4, -0.2) is 41.6 Å². The van der Waals surface area contributed by atoms with E-state index in [1.807, 2.05) is 17.8 Å². The normalized spacial score (nSPS) is 24.9. The van der Waals surface area contributed by atoms with Gasteiger partial charge in [0.15, 0.2) is 5.82 Å². The highest BCUT2D eigenvalue weighted by atomic mass is 19.1. The van der Waals surface area contributed by atoms with Crippen molar-refractivity contribution in [1.82, 2.24) is 24.5 Å². The molecule has 3 aliphatic carbocycles. The summed E-state index contributed by atoms with van der Waals surface area (Å²) in [5.41, 5.74) is 2.83. The zero-order valence-corrected chi connectivity index (χ0v) is 17.5. The molecule has 0 aromatic carbocycles. The number of anilines is 1. The lowest BCUT2D eigenvalue weighted by atomic mass is 9.61. The number of nitrogens with one attached hydrogen (secondary N) is 2. The molecule has 7 rings (SSSR count). The van der Waals surface area contributed by atoms with Crippen molar-refractivity contribution < 1.29 is 14.3 Å². The van der Waals surface area contributed by atoms with E-state index in [2.05, 4.69) is 20.3 Å². The maximum atomic E-state index is 13.7. The van der Waals surface area contributed by atoms with Crippen LogP contribution >= 0.6 is 0 Å². The van der Waals surface area contributed by atoms with Crippen LogP contribution in [0.25, 0.3) is 33.5 Å². The monoisotopic (exact) mass is 434 g/mol. The topological polar surface area (TPSA) is 109 Å². The lowest BCUT2D eigenvalue weighted by molar-refractivity contribution is -0.148. The number of rotatable bonds is 4. The minimum absolute atomic E-state index is 0.0899. The van der Waals surface area contributed by atoms with Crippen molar-refractivity contribution in [3.63, 3.8) is 0 Å². The predicted octanol–water partition coefficient (Wildman–Crippen LogP) is 3.95. The van der Waals surface area contributed by atoms with Gasteiger partial charge in [0, 0.05) is 42.6 Å². The Morgan fingerprint density at radius 3 is 2.75 bits per heavy atom. The molecule has 0 saturated heterocycles. The molecule has 4 heterocycles. The van der Waals surface area contributed by atoms with E-state index in [1.165, 1.54) is 12.3 Å². The Kier molecular flexibility index (Phi) is 4.21. The molecule has 0 unspecified atom stereocenters. The summed E-state index contributed by atoms with van der Waals surface area (Å²) in [7, 11) is 1.91. The standard InChI is InChI=1S/C23H23FN6O2/c1-30-10-17(28-19-12-4-2-11(3-5-12)18(19)23(31)32)16-9-27-21(29-22(16)30)15-8-26-20-14(15)6-13(24)7-25-20/h6-12,18-19,28H,2-5H2,1H3,(H,25,26)(H,31,32)/t11?,12?,18-,19-/m0/s1. The molecule has 9 heteroatoms. The van der Waals surface area contributed by atoms with Crippen LogP contribution in [0.4, 0.5) is 10.1 Å². The van der Waals surface area contributed by atoms with Crippen LogP contribution < -0.4 is 5.32 Å². The second-order valence-corrected chi connectivity index (χ2v) is 9.05. The Bertz CT molecular complexity index is 1350. The molecule has 164 valence electrons. The van der Waals surface area contributed by atoms with Crippen molar-refractivity contribution in [2.45, 2.75) is 31.7 Å². The zero-order valence-electron chi connectivity index (χ0n) is 17.5. The van der Waals surface area contributed by atoms with E-state index in [9.17, 15) is 14.3 Å². The number of nitrogens with zero attached hydrogens (tertiary/aromatic N) is 4. The summed E-state index contributed by atoms with van der Waals surface area (Å²) in [5, 5.41) is 14.9. The largest absolute Gasteiger partial charge is 0.481 e. The second kappa shape index (κ2) is 7.01. The molecule has 0 spiro atoms. The van der Waals surface area contributed by atoms with E-state index in [4.69, 9.17) is 4.98 Å². The third kappa shape index (κ3) is 2.87. The van der Waals surface area contributed by atoms with Gasteiger partial charge in [0.2, 0.25) is 0 Å². The van der Waals surface area contributed by atoms with Gasteiger partial charge in [0.1, 0.15) is 17.1 Å². The number of aromatic amines is 1. The SMILES string of the molecule is Cn1cc(N[C@H]2C3CCC(CC3)[C@@H]2C(=O)O)c2cnc(-c3c[nH]c4ncc(F)cc34)nc21. The first kappa shape index (κ1) is 19.2. The number of aliphatic carboxylic acids is 1. The number of carboxylic acid groups (broad SMARTS) is 1. The fraction of sp³-hybridized carbons (Fsp3) is 0.391. The van der Waals surface area contributed by atoms with Crippen LogP contribution in [0.3, 0.4) is 0 Å². The highest BCUT2D eigenvalue weighted by Crippen LogP contribution is 2.47. The maximum Gasteiger partial charge on any atom is 0.308 e. The van der Waals surface area contributed by atoms with Crippen LogP contribution in [0.1, 0.15) is 25.7 Å². The van der Waals surface area contributed by atoms with Crippen molar-refractivity contribution in [3.8, 4) is 11.4 Å². The third-order valence-electron chi connectivity index (χ3n) is 7.28. The predicted molar refractivity (Wildman–Crippen MR) is 118 cm³/mol. The summed E-state index contributed by atoms with van der Waals surface area (Å²) in [4.78, 5) is 28.4. The number of aryl methyl sites for hydroxylation is 1. The van der Waals surface area contributed by atoms with E-state index in [1.54, 1.807) is 12.4 Å². The lowest BCUT2D eigenvalue weighted by Crippen LogP contribution is -2.51. The smallest absolute Gasteiger partial charge is 0.308 e. The number of halogens is 1. The molecule has 32 heavy (non-hydrogen) atoms. The van der Waals surface area contributed by atoms with Gasteiger partial charge in [0.05, 0.1) is 23.2 Å². The molecular formula is C23H23FN6O2. The molecule has 3 aliphatic rings. The molecule has 3 fully saturated rings. The average molecular weight is 434 g/mol. The van der Waals surface area contributed by atoms with Crippen molar-refractivity contribution in [2.75, 3.05) is 5.32 Å². The molecule has 4 aromatic heterocycles. The lowest BCUT2D eigenvalue weighted by Gasteiger charge is -2.47. The Labute approximate surface area is 182 Å². The fourth-order valence-corrected chi connectivity index (χ4v) is 5.76. The zero-order chi connectivity index (χ0) is 22.0. The Morgan fingerprint density at radius 1 is 1.19 bits per heavy atom. The van der Waals surface area contributed by atoms with Gasteiger partial charge >= 0.3 is 5.97 Å². The number of hydrogen-bond acceptors (Lipinski definition) is 5. The van der Waals surface area contributed by atoms with Gasteiger partial charge in [-0.05, 0) is 43.6 Å². The van der Waals surface area contributed by atoms with E-state index in [-0.39, 0.29) is 17.9 Å². The second-order valence-electron chi connectivity index (χ2n) is 9.05. The molecule has 0 amide bonds. The fourth-order valence-electron chi connectivity index (χ4n) is 5.76. The molecule has 4 aromatic rings. The van der Waals surface area contributed by atoms with Gasteiger partial charge in [-0.1, -0.05) is 0 Å². The molecule has 3 N–H and O–H groups in total. The minimum Gasteiger partial charge on any atom is -0.481 e. The molecule has 3 saturated carbocycles. The summed E-state index contributed by atoms with van der Waals surface area (Å²) in [6, 6.07) is 1.33. The first-order valence-electron chi connectivity index (χ1n) is 10.9. The van der Waals surface area contributed by atoms with Crippen molar-refractivity contribution in [2.24, 2.45) is 24.8 Å². The van der Waals surface area contributed by atoms with Crippen LogP contribution in [0.15, 0.2) is 30.9 Å². The molecular weight excluding hydrogens is 411 g/mol. The summed E-state index contributed by atoms with van der Waals surface area (Å²) in [6.07, 6.45) is 10.7.